The minimum Gasteiger partial charge on any atom is -0.380 e. The minimum atomic E-state index is -1.93. The van der Waals surface area contributed by atoms with Gasteiger partial charge in [0.2, 0.25) is 0 Å². The standard InChI is InChI=1S/C31H39N5O5S/c1-20-8-4-5-9-21(20)17-24-19-42-26(34-24)18-33-30(40)27(37)28(38)31(41)36-14-7-12-25(36)22-10-6-11-23(16-22)29(39)32-13-15-35(2)3/h4-6,8-11,16,19,25,27-28,37-38H,7,12-15,17-18H2,1-3H3,(H,32,39)(H,33,40)/t25-,27+,28+/m0/s1. The molecule has 0 bridgehead atoms. The van der Waals surface area contributed by atoms with Crippen molar-refractivity contribution in [3.8, 4) is 0 Å². The van der Waals surface area contributed by atoms with Gasteiger partial charge in [-0.15, -0.1) is 11.3 Å². The van der Waals surface area contributed by atoms with Gasteiger partial charge in [-0.25, -0.2) is 4.98 Å². The van der Waals surface area contributed by atoms with E-state index in [1.807, 2.05) is 55.6 Å². The largest absolute Gasteiger partial charge is 0.380 e. The number of amides is 3. The molecular formula is C31H39N5O5S. The van der Waals surface area contributed by atoms with Crippen molar-refractivity contribution in [1.29, 1.82) is 0 Å². The first kappa shape index (κ1) is 31.3. The fourth-order valence-corrected chi connectivity index (χ4v) is 5.72. The number of nitrogens with one attached hydrogen (secondary N) is 2. The van der Waals surface area contributed by atoms with Gasteiger partial charge in [0, 0.05) is 37.0 Å². The number of aromatic nitrogens is 1. The molecule has 42 heavy (non-hydrogen) atoms. The first-order valence-corrected chi connectivity index (χ1v) is 15.0. The molecule has 0 unspecified atom stereocenters. The summed E-state index contributed by atoms with van der Waals surface area (Å²) < 4.78 is 0. The molecule has 0 saturated carbocycles. The number of aryl methyl sites for hydroxylation is 1. The Morgan fingerprint density at radius 1 is 1.10 bits per heavy atom. The third kappa shape index (κ3) is 8.01. The van der Waals surface area contributed by atoms with E-state index in [2.05, 4.69) is 21.7 Å². The Labute approximate surface area is 250 Å². The molecule has 1 aliphatic rings. The predicted molar refractivity (Wildman–Crippen MR) is 161 cm³/mol. The number of hydrogen-bond acceptors (Lipinski definition) is 8. The van der Waals surface area contributed by atoms with Crippen LogP contribution in [0.1, 0.15) is 56.6 Å². The number of carbonyl (C=O) groups is 3. The summed E-state index contributed by atoms with van der Waals surface area (Å²) in [5.74, 6) is -1.78. The van der Waals surface area contributed by atoms with E-state index in [4.69, 9.17) is 0 Å². The number of rotatable bonds is 12. The highest BCUT2D eigenvalue weighted by Gasteiger charge is 2.38. The summed E-state index contributed by atoms with van der Waals surface area (Å²) in [5, 5.41) is 29.3. The van der Waals surface area contributed by atoms with Gasteiger partial charge in [-0.05, 0) is 62.7 Å². The van der Waals surface area contributed by atoms with Gasteiger partial charge in [-0.3, -0.25) is 14.4 Å². The van der Waals surface area contributed by atoms with Crippen molar-refractivity contribution in [2.75, 3.05) is 33.7 Å². The molecule has 3 aromatic rings. The van der Waals surface area contributed by atoms with Gasteiger partial charge in [0.05, 0.1) is 18.3 Å². The number of aliphatic hydroxyl groups excluding tert-OH is 2. The summed E-state index contributed by atoms with van der Waals surface area (Å²) >= 11 is 1.39. The molecule has 4 N–H and O–H groups in total. The first-order valence-electron chi connectivity index (χ1n) is 14.1. The van der Waals surface area contributed by atoms with Crippen LogP contribution in [-0.4, -0.2) is 88.7 Å². The molecule has 3 amide bonds. The van der Waals surface area contributed by atoms with Gasteiger partial charge in [0.25, 0.3) is 17.7 Å². The topological polar surface area (TPSA) is 135 Å². The van der Waals surface area contributed by atoms with Gasteiger partial charge < -0.3 is 30.6 Å². The monoisotopic (exact) mass is 593 g/mol. The van der Waals surface area contributed by atoms with Crippen molar-refractivity contribution >= 4 is 29.1 Å². The third-order valence-corrected chi connectivity index (χ3v) is 8.28. The highest BCUT2D eigenvalue weighted by Crippen LogP contribution is 2.33. The van der Waals surface area contributed by atoms with Crippen molar-refractivity contribution in [2.45, 2.75) is 51.0 Å². The number of likely N-dealkylation sites (tertiary alicyclic amines) is 1. The molecule has 1 saturated heterocycles. The van der Waals surface area contributed by atoms with Crippen LogP contribution < -0.4 is 10.6 Å². The van der Waals surface area contributed by atoms with Gasteiger partial charge in [-0.2, -0.15) is 0 Å². The smallest absolute Gasteiger partial charge is 0.255 e. The van der Waals surface area contributed by atoms with E-state index in [0.29, 0.717) is 49.5 Å². The van der Waals surface area contributed by atoms with E-state index in [1.54, 1.807) is 18.2 Å². The lowest BCUT2D eigenvalue weighted by Gasteiger charge is -2.28. The second-order valence-corrected chi connectivity index (χ2v) is 11.8. The number of benzene rings is 2. The predicted octanol–water partition coefficient (Wildman–Crippen LogP) is 2.04. The van der Waals surface area contributed by atoms with Crippen LogP contribution in [0.2, 0.25) is 0 Å². The third-order valence-electron chi connectivity index (χ3n) is 7.38. The Morgan fingerprint density at radius 3 is 2.64 bits per heavy atom. The molecule has 4 rings (SSSR count). The van der Waals surface area contributed by atoms with Gasteiger partial charge in [0.1, 0.15) is 5.01 Å². The Morgan fingerprint density at radius 2 is 1.88 bits per heavy atom. The van der Waals surface area contributed by atoms with Crippen LogP contribution in [0, 0.1) is 6.92 Å². The lowest BCUT2D eigenvalue weighted by molar-refractivity contribution is -0.153. The molecule has 1 aromatic heterocycles. The molecule has 2 heterocycles. The van der Waals surface area contributed by atoms with Crippen LogP contribution in [0.5, 0.6) is 0 Å². The fraction of sp³-hybridized carbons (Fsp3) is 0.419. The van der Waals surface area contributed by atoms with Crippen LogP contribution in [0.15, 0.2) is 53.9 Å². The number of nitrogens with zero attached hydrogens (tertiary/aromatic N) is 3. The molecule has 1 fully saturated rings. The average molecular weight is 594 g/mol. The van der Waals surface area contributed by atoms with Crippen LogP contribution in [0.25, 0.3) is 0 Å². The molecule has 10 nitrogen and oxygen atoms in total. The quantitative estimate of drug-likeness (QED) is 0.252. The molecule has 3 atom stereocenters. The Hall–Kier alpha value is -3.64. The van der Waals surface area contributed by atoms with E-state index >= 15 is 0 Å². The summed E-state index contributed by atoms with van der Waals surface area (Å²) in [6.07, 6.45) is -1.84. The normalized spacial score (nSPS) is 16.3. The van der Waals surface area contributed by atoms with E-state index in [-0.39, 0.29) is 18.5 Å². The summed E-state index contributed by atoms with van der Waals surface area (Å²) in [6, 6.07) is 14.8. The summed E-state index contributed by atoms with van der Waals surface area (Å²) in [5.41, 5.74) is 4.47. The molecule has 1 aliphatic heterocycles. The van der Waals surface area contributed by atoms with Crippen LogP contribution in [0.3, 0.4) is 0 Å². The maximum Gasteiger partial charge on any atom is 0.255 e. The van der Waals surface area contributed by atoms with Crippen molar-refractivity contribution in [3.05, 3.63) is 86.9 Å². The molecular weight excluding hydrogens is 554 g/mol. The van der Waals surface area contributed by atoms with E-state index in [9.17, 15) is 24.6 Å². The van der Waals surface area contributed by atoms with Crippen LogP contribution in [-0.2, 0) is 22.6 Å². The van der Waals surface area contributed by atoms with E-state index in [1.165, 1.54) is 27.4 Å². The van der Waals surface area contributed by atoms with Crippen molar-refractivity contribution in [2.24, 2.45) is 0 Å². The summed E-state index contributed by atoms with van der Waals surface area (Å²) in [6.45, 7) is 3.71. The van der Waals surface area contributed by atoms with Crippen molar-refractivity contribution < 1.29 is 24.6 Å². The molecule has 0 radical (unpaired) electrons. The zero-order valence-electron chi connectivity index (χ0n) is 24.2. The highest BCUT2D eigenvalue weighted by atomic mass is 32.1. The minimum absolute atomic E-state index is 0.0744. The molecule has 11 heteroatoms. The molecule has 2 aromatic carbocycles. The summed E-state index contributed by atoms with van der Waals surface area (Å²) in [4.78, 5) is 46.5. The number of hydrogen-bond donors (Lipinski definition) is 4. The Balaban J connectivity index is 1.32. The van der Waals surface area contributed by atoms with Crippen LogP contribution in [0.4, 0.5) is 0 Å². The number of aliphatic hydroxyl groups is 2. The zero-order chi connectivity index (χ0) is 30.2. The van der Waals surface area contributed by atoms with Gasteiger partial charge in [-0.1, -0.05) is 36.4 Å². The fourth-order valence-electron chi connectivity index (χ4n) is 4.99. The lowest BCUT2D eigenvalue weighted by Crippen LogP contribution is -2.50. The number of carbonyl (C=O) groups excluding carboxylic acids is 3. The summed E-state index contributed by atoms with van der Waals surface area (Å²) in [7, 11) is 3.86. The lowest BCUT2D eigenvalue weighted by atomic mass is 10.0. The second kappa shape index (κ2) is 14.5. The Kier molecular flexibility index (Phi) is 10.8. The SMILES string of the molecule is Cc1ccccc1Cc1csc(CNC(=O)[C@H](O)[C@@H](O)C(=O)N2CCC[C@H]2c2cccc(C(=O)NCCN(C)C)c2)n1. The zero-order valence-corrected chi connectivity index (χ0v) is 25.1. The van der Waals surface area contributed by atoms with Crippen molar-refractivity contribution in [3.63, 3.8) is 0 Å². The van der Waals surface area contributed by atoms with Gasteiger partial charge >= 0.3 is 0 Å². The van der Waals surface area contributed by atoms with E-state index in [0.717, 1.165) is 11.3 Å². The van der Waals surface area contributed by atoms with E-state index < -0.39 is 24.0 Å². The van der Waals surface area contributed by atoms with Gasteiger partial charge in [0.15, 0.2) is 12.2 Å². The molecule has 224 valence electrons. The van der Waals surface area contributed by atoms with Crippen LogP contribution >= 0.6 is 11.3 Å². The average Bonchev–Trinajstić information content (AvgIpc) is 3.66. The number of thiazole rings is 1. The molecule has 0 aliphatic carbocycles. The Bertz CT molecular complexity index is 1390. The number of likely N-dealkylation sites (N-methyl/N-ethyl adjacent to an activating group) is 1. The highest BCUT2D eigenvalue weighted by molar-refractivity contribution is 7.09. The second-order valence-electron chi connectivity index (χ2n) is 10.8. The maximum atomic E-state index is 13.2. The molecule has 0 spiro atoms. The maximum absolute atomic E-state index is 13.2. The van der Waals surface area contributed by atoms with Crippen molar-refractivity contribution in [1.82, 2.24) is 25.4 Å². The first-order chi connectivity index (χ1) is 20.1.